The highest BCUT2D eigenvalue weighted by Crippen LogP contribution is 2.25. The summed E-state index contributed by atoms with van der Waals surface area (Å²) in [5.74, 6) is 1.64. The van der Waals surface area contributed by atoms with Crippen LogP contribution in [0, 0.1) is 5.92 Å². The minimum absolute atomic E-state index is 0.267. The average molecular weight is 495 g/mol. The molecule has 2 heterocycles. The number of nitrogens with zero attached hydrogens (tertiary/aromatic N) is 4. The molecule has 0 saturated heterocycles. The van der Waals surface area contributed by atoms with E-state index in [4.69, 9.17) is 17.0 Å². The van der Waals surface area contributed by atoms with E-state index in [9.17, 15) is 4.79 Å². The van der Waals surface area contributed by atoms with Gasteiger partial charge in [0.2, 0.25) is 4.96 Å². The third-order valence-corrected chi connectivity index (χ3v) is 6.13. The van der Waals surface area contributed by atoms with Crippen LogP contribution in [-0.4, -0.2) is 37.4 Å². The maximum absolute atomic E-state index is 12.5. The second-order valence-electron chi connectivity index (χ2n) is 8.14. The first-order valence-corrected chi connectivity index (χ1v) is 12.3. The van der Waals surface area contributed by atoms with E-state index in [1.165, 1.54) is 11.3 Å². The van der Waals surface area contributed by atoms with Crippen LogP contribution in [0.3, 0.4) is 0 Å². The molecule has 34 heavy (non-hydrogen) atoms. The van der Waals surface area contributed by atoms with Crippen LogP contribution in [0.4, 0.5) is 0 Å². The fourth-order valence-electron chi connectivity index (χ4n) is 3.15. The van der Waals surface area contributed by atoms with Crippen LogP contribution in [0.15, 0.2) is 48.5 Å². The number of amides is 1. The first-order chi connectivity index (χ1) is 16.4. The second-order valence-corrected chi connectivity index (χ2v) is 9.50. The number of fused-ring (bicyclic) bond motifs is 1. The summed E-state index contributed by atoms with van der Waals surface area (Å²) in [5.41, 5.74) is 2.53. The van der Waals surface area contributed by atoms with Gasteiger partial charge in [0.1, 0.15) is 10.8 Å². The molecule has 10 heteroatoms. The summed E-state index contributed by atoms with van der Waals surface area (Å²) in [6.45, 7) is 7.26. The molecule has 8 nitrogen and oxygen atoms in total. The number of thiocarbonyl (C=S) groups is 1. The number of nitrogens with one attached hydrogen (secondary N) is 2. The van der Waals surface area contributed by atoms with E-state index in [1.54, 1.807) is 22.7 Å². The third-order valence-electron chi connectivity index (χ3n) is 4.93. The van der Waals surface area contributed by atoms with Crippen molar-refractivity contribution in [3.63, 3.8) is 0 Å². The molecule has 0 radical (unpaired) electrons. The summed E-state index contributed by atoms with van der Waals surface area (Å²) in [6.07, 6.45) is 0.780. The van der Waals surface area contributed by atoms with Crippen molar-refractivity contribution >= 4 is 39.5 Å². The van der Waals surface area contributed by atoms with Crippen LogP contribution in [0.1, 0.15) is 42.5 Å². The van der Waals surface area contributed by atoms with Crippen LogP contribution in [0.2, 0.25) is 0 Å². The number of carbonyl (C=O) groups is 1. The number of ether oxygens (including phenoxy) is 1. The van der Waals surface area contributed by atoms with Crippen molar-refractivity contribution in [3.05, 3.63) is 65.5 Å². The first-order valence-electron chi connectivity index (χ1n) is 11.1. The largest absolute Gasteiger partial charge is 0.493 e. The standard InChI is InChI=1S/C24H26N6O2S2/c1-4-20-27-28-24-30(20)29-22(34-24)17-10-8-16(9-11-17)13-25-23(33)26-21(31)18-6-5-7-19(12-18)32-14-15(2)3/h5-12,15H,4,13-14H2,1-3H3,(H2,25,26,31,33). The van der Waals surface area contributed by atoms with Gasteiger partial charge in [0, 0.05) is 24.1 Å². The molecule has 0 fully saturated rings. The van der Waals surface area contributed by atoms with Gasteiger partial charge in [0.05, 0.1) is 6.61 Å². The van der Waals surface area contributed by atoms with Crippen LogP contribution >= 0.6 is 23.6 Å². The van der Waals surface area contributed by atoms with Crippen molar-refractivity contribution in [2.24, 2.45) is 5.92 Å². The lowest BCUT2D eigenvalue weighted by molar-refractivity contribution is 0.0976. The normalized spacial score (nSPS) is 11.1. The highest BCUT2D eigenvalue weighted by Gasteiger charge is 2.12. The summed E-state index contributed by atoms with van der Waals surface area (Å²) in [4.78, 5) is 13.3. The predicted octanol–water partition coefficient (Wildman–Crippen LogP) is 4.25. The van der Waals surface area contributed by atoms with E-state index < -0.39 is 0 Å². The monoisotopic (exact) mass is 494 g/mol. The molecule has 2 N–H and O–H groups in total. The Kier molecular flexibility index (Phi) is 7.49. The fourth-order valence-corrected chi connectivity index (χ4v) is 4.18. The first kappa shape index (κ1) is 23.8. The lowest BCUT2D eigenvalue weighted by Gasteiger charge is -2.12. The Labute approximate surface area is 207 Å². The fraction of sp³-hybridized carbons (Fsp3) is 0.292. The molecule has 2 aromatic heterocycles. The van der Waals surface area contributed by atoms with Gasteiger partial charge < -0.3 is 10.1 Å². The zero-order valence-electron chi connectivity index (χ0n) is 19.2. The maximum Gasteiger partial charge on any atom is 0.257 e. The summed E-state index contributed by atoms with van der Waals surface area (Å²) in [5, 5.41) is 19.9. The van der Waals surface area contributed by atoms with Crippen molar-refractivity contribution in [2.45, 2.75) is 33.7 Å². The van der Waals surface area contributed by atoms with E-state index in [-0.39, 0.29) is 11.0 Å². The van der Waals surface area contributed by atoms with Gasteiger partial charge in [-0.3, -0.25) is 10.1 Å². The zero-order valence-corrected chi connectivity index (χ0v) is 20.9. The van der Waals surface area contributed by atoms with Crippen molar-refractivity contribution in [2.75, 3.05) is 6.61 Å². The zero-order chi connectivity index (χ0) is 24.1. The Morgan fingerprint density at radius 2 is 1.97 bits per heavy atom. The minimum Gasteiger partial charge on any atom is -0.493 e. The predicted molar refractivity (Wildman–Crippen MR) is 137 cm³/mol. The summed E-state index contributed by atoms with van der Waals surface area (Å²) < 4.78 is 7.49. The number of aromatic nitrogens is 4. The summed E-state index contributed by atoms with van der Waals surface area (Å²) in [6, 6.07) is 15.1. The van der Waals surface area contributed by atoms with Crippen molar-refractivity contribution in [1.82, 2.24) is 30.4 Å². The molecule has 4 rings (SSSR count). The molecule has 0 spiro atoms. The topological polar surface area (TPSA) is 93.4 Å². The number of rotatable bonds is 8. The summed E-state index contributed by atoms with van der Waals surface area (Å²) in [7, 11) is 0. The van der Waals surface area contributed by atoms with Gasteiger partial charge >= 0.3 is 0 Å². The molecule has 2 aromatic carbocycles. The number of hydrogen-bond acceptors (Lipinski definition) is 7. The van der Waals surface area contributed by atoms with Gasteiger partial charge in [-0.25, -0.2) is 0 Å². The number of benzene rings is 2. The molecule has 0 atom stereocenters. The van der Waals surface area contributed by atoms with Crippen molar-refractivity contribution in [1.29, 1.82) is 0 Å². The van der Waals surface area contributed by atoms with Crippen LogP contribution in [0.5, 0.6) is 5.75 Å². The molecule has 0 aliphatic carbocycles. The molecule has 0 aliphatic rings. The molecular weight excluding hydrogens is 468 g/mol. The minimum atomic E-state index is -0.280. The lowest BCUT2D eigenvalue weighted by atomic mass is 10.1. The molecule has 0 unspecified atom stereocenters. The van der Waals surface area contributed by atoms with Gasteiger partial charge in [-0.1, -0.05) is 62.4 Å². The van der Waals surface area contributed by atoms with E-state index in [0.717, 1.165) is 33.3 Å². The van der Waals surface area contributed by atoms with Crippen LogP contribution in [-0.2, 0) is 13.0 Å². The SMILES string of the molecule is CCc1nnc2sc(-c3ccc(CNC(=S)NC(=O)c4cccc(OCC(C)C)c4)cc3)nn12. The lowest BCUT2D eigenvalue weighted by Crippen LogP contribution is -2.38. The smallest absolute Gasteiger partial charge is 0.257 e. The highest BCUT2D eigenvalue weighted by molar-refractivity contribution is 7.80. The Balaban J connectivity index is 1.31. The third kappa shape index (κ3) is 5.75. The van der Waals surface area contributed by atoms with Gasteiger partial charge in [0.25, 0.3) is 5.91 Å². The van der Waals surface area contributed by atoms with Gasteiger partial charge in [0.15, 0.2) is 10.9 Å². The number of hydrogen-bond donors (Lipinski definition) is 2. The van der Waals surface area contributed by atoms with Crippen LogP contribution < -0.4 is 15.4 Å². The molecule has 1 amide bonds. The number of carbonyl (C=O) groups excluding carboxylic acids is 1. The Hall–Kier alpha value is -3.37. The molecule has 4 aromatic rings. The van der Waals surface area contributed by atoms with Crippen molar-refractivity contribution < 1.29 is 9.53 Å². The van der Waals surface area contributed by atoms with E-state index in [0.29, 0.717) is 30.4 Å². The van der Waals surface area contributed by atoms with Gasteiger partial charge in [-0.2, -0.15) is 9.61 Å². The van der Waals surface area contributed by atoms with E-state index in [2.05, 4.69) is 39.8 Å². The van der Waals surface area contributed by atoms with E-state index >= 15 is 0 Å². The summed E-state index contributed by atoms with van der Waals surface area (Å²) >= 11 is 6.81. The van der Waals surface area contributed by atoms with Crippen LogP contribution in [0.25, 0.3) is 15.5 Å². The Morgan fingerprint density at radius 1 is 1.18 bits per heavy atom. The molecule has 0 bridgehead atoms. The molecule has 0 aliphatic heterocycles. The molecular formula is C24H26N6O2S2. The van der Waals surface area contributed by atoms with Gasteiger partial charge in [-0.05, 0) is 41.9 Å². The maximum atomic E-state index is 12.5. The molecule has 0 saturated carbocycles. The van der Waals surface area contributed by atoms with E-state index in [1.807, 2.05) is 37.3 Å². The average Bonchev–Trinajstić information content (AvgIpc) is 3.43. The Bertz CT molecular complexity index is 1300. The Morgan fingerprint density at radius 3 is 2.71 bits per heavy atom. The quantitative estimate of drug-likeness (QED) is 0.354. The molecule has 176 valence electrons. The second kappa shape index (κ2) is 10.7. The number of aryl methyl sites for hydroxylation is 1. The van der Waals surface area contributed by atoms with Gasteiger partial charge in [-0.15, -0.1) is 10.2 Å². The highest BCUT2D eigenvalue weighted by atomic mass is 32.1. The van der Waals surface area contributed by atoms with Crippen molar-refractivity contribution in [3.8, 4) is 16.3 Å².